The molecule has 0 spiro atoms. The first-order valence-electron chi connectivity index (χ1n) is 3.51. The fourth-order valence-corrected chi connectivity index (χ4v) is 1.87. The third kappa shape index (κ3) is 1.28. The number of allylic oxidation sites excluding steroid dienone is 1. The summed E-state index contributed by atoms with van der Waals surface area (Å²) < 4.78 is 0. The van der Waals surface area contributed by atoms with E-state index in [0.29, 0.717) is 10.6 Å². The lowest BCUT2D eigenvalue weighted by molar-refractivity contribution is 0.104. The van der Waals surface area contributed by atoms with Crippen molar-refractivity contribution in [1.82, 2.24) is 0 Å². The Morgan fingerprint density at radius 2 is 1.77 bits per heavy atom. The second-order valence-corrected chi connectivity index (χ2v) is 3.84. The molecule has 66 valence electrons. The zero-order chi connectivity index (χ0) is 9.59. The van der Waals surface area contributed by atoms with Crippen molar-refractivity contribution in [2.75, 3.05) is 0 Å². The summed E-state index contributed by atoms with van der Waals surface area (Å²) in [6.45, 7) is 0. The Bertz CT molecular complexity index is 435. The highest BCUT2D eigenvalue weighted by Gasteiger charge is 2.24. The molecule has 1 nitrogen and oxygen atoms in total. The van der Waals surface area contributed by atoms with Gasteiger partial charge in [-0.15, -0.1) is 0 Å². The Morgan fingerprint density at radius 3 is 2.46 bits per heavy atom. The van der Waals surface area contributed by atoms with Gasteiger partial charge in [-0.3, -0.25) is 4.79 Å². The molecule has 0 atom stereocenters. The second kappa shape index (κ2) is 3.02. The normalized spacial score (nSPS) is 14.4. The molecule has 2 rings (SSSR count). The molecule has 0 saturated heterocycles. The summed E-state index contributed by atoms with van der Waals surface area (Å²) in [6.07, 6.45) is 1.58. The molecule has 1 aliphatic carbocycles. The zero-order valence-corrected chi connectivity index (χ0v) is 8.54. The van der Waals surface area contributed by atoms with Crippen molar-refractivity contribution < 1.29 is 4.79 Å². The number of rotatable bonds is 0. The number of halogens is 3. The van der Waals surface area contributed by atoms with Crippen molar-refractivity contribution in [1.29, 1.82) is 0 Å². The summed E-state index contributed by atoms with van der Waals surface area (Å²) in [7, 11) is 0. The summed E-state index contributed by atoms with van der Waals surface area (Å²) >= 11 is 17.3. The van der Waals surface area contributed by atoms with E-state index in [1.807, 2.05) is 0 Å². The molecule has 0 N–H and O–H groups in total. The SMILES string of the molecule is O=C1C(Cl)=Cc2ccc(Cl)c(Cl)c21. The van der Waals surface area contributed by atoms with Crippen LogP contribution < -0.4 is 0 Å². The number of hydrogen-bond acceptors (Lipinski definition) is 1. The minimum atomic E-state index is -0.260. The van der Waals surface area contributed by atoms with Gasteiger partial charge in [0.25, 0.3) is 0 Å². The molecule has 0 heterocycles. The molecule has 0 amide bonds. The molecule has 0 fully saturated rings. The molecule has 0 aromatic heterocycles. The van der Waals surface area contributed by atoms with Crippen LogP contribution in [0.2, 0.25) is 10.0 Å². The van der Waals surface area contributed by atoms with Crippen LogP contribution >= 0.6 is 34.8 Å². The lowest BCUT2D eigenvalue weighted by Crippen LogP contribution is -1.96. The Hall–Kier alpha value is -0.500. The van der Waals surface area contributed by atoms with Gasteiger partial charge in [-0.25, -0.2) is 0 Å². The summed E-state index contributed by atoms with van der Waals surface area (Å²) in [5.41, 5.74) is 1.13. The second-order valence-electron chi connectivity index (χ2n) is 2.65. The summed E-state index contributed by atoms with van der Waals surface area (Å²) in [5, 5.41) is 0.823. The fraction of sp³-hybridized carbons (Fsp3) is 0. The standard InChI is InChI=1S/C9H3Cl3O/c10-5-2-1-4-3-6(11)9(13)7(4)8(5)12/h1-3H. The van der Waals surface area contributed by atoms with Gasteiger partial charge in [-0.2, -0.15) is 0 Å². The van der Waals surface area contributed by atoms with Crippen LogP contribution in [-0.4, -0.2) is 5.78 Å². The topological polar surface area (TPSA) is 17.1 Å². The van der Waals surface area contributed by atoms with E-state index in [9.17, 15) is 4.79 Å². The molecular weight excluding hydrogens is 230 g/mol. The van der Waals surface area contributed by atoms with Gasteiger partial charge >= 0.3 is 0 Å². The molecule has 4 heteroatoms. The van der Waals surface area contributed by atoms with Crippen molar-refractivity contribution >= 4 is 46.7 Å². The number of carbonyl (C=O) groups is 1. The first kappa shape index (κ1) is 9.07. The predicted octanol–water partition coefficient (Wildman–Crippen LogP) is 3.77. The average molecular weight is 233 g/mol. The molecule has 0 bridgehead atoms. The van der Waals surface area contributed by atoms with Crippen molar-refractivity contribution in [2.24, 2.45) is 0 Å². The van der Waals surface area contributed by atoms with Gasteiger partial charge in [-0.05, 0) is 17.7 Å². The largest absolute Gasteiger partial charge is 0.288 e. The van der Waals surface area contributed by atoms with Crippen LogP contribution in [0.3, 0.4) is 0 Å². The minimum Gasteiger partial charge on any atom is -0.288 e. The fourth-order valence-electron chi connectivity index (χ4n) is 1.24. The maximum atomic E-state index is 11.4. The van der Waals surface area contributed by atoms with Crippen LogP contribution in [0.25, 0.3) is 6.08 Å². The highest BCUT2D eigenvalue weighted by molar-refractivity contribution is 6.52. The highest BCUT2D eigenvalue weighted by atomic mass is 35.5. The Labute approximate surface area is 89.9 Å². The van der Waals surface area contributed by atoms with Gasteiger partial charge in [-0.1, -0.05) is 40.9 Å². The van der Waals surface area contributed by atoms with E-state index in [4.69, 9.17) is 34.8 Å². The van der Waals surface area contributed by atoms with Crippen LogP contribution in [0, 0.1) is 0 Å². The van der Waals surface area contributed by atoms with E-state index >= 15 is 0 Å². The van der Waals surface area contributed by atoms with Gasteiger partial charge < -0.3 is 0 Å². The van der Waals surface area contributed by atoms with Gasteiger partial charge in [0.2, 0.25) is 5.78 Å². The summed E-state index contributed by atoms with van der Waals surface area (Å²) in [4.78, 5) is 11.4. The highest BCUT2D eigenvalue weighted by Crippen LogP contribution is 2.36. The molecule has 1 aliphatic rings. The Balaban J connectivity index is 2.73. The van der Waals surface area contributed by atoms with Crippen molar-refractivity contribution in [2.45, 2.75) is 0 Å². The summed E-state index contributed by atoms with van der Waals surface area (Å²) in [6, 6.07) is 3.36. The molecule has 1 aromatic rings. The van der Waals surface area contributed by atoms with E-state index in [2.05, 4.69) is 0 Å². The Morgan fingerprint density at radius 1 is 1.08 bits per heavy atom. The monoisotopic (exact) mass is 232 g/mol. The van der Waals surface area contributed by atoms with E-state index < -0.39 is 0 Å². The number of benzene rings is 1. The molecule has 0 saturated carbocycles. The maximum absolute atomic E-state index is 11.4. The first-order chi connectivity index (χ1) is 6.11. The molecule has 1 aromatic carbocycles. The zero-order valence-electron chi connectivity index (χ0n) is 6.27. The first-order valence-corrected chi connectivity index (χ1v) is 4.64. The van der Waals surface area contributed by atoms with Gasteiger partial charge in [0, 0.05) is 0 Å². The summed E-state index contributed by atoms with van der Waals surface area (Å²) in [5.74, 6) is -0.260. The third-order valence-corrected chi connectivity index (χ3v) is 2.94. The molecule has 0 unspecified atom stereocenters. The van der Waals surface area contributed by atoms with Gasteiger partial charge in [0.15, 0.2) is 0 Å². The van der Waals surface area contributed by atoms with E-state index in [0.717, 1.165) is 5.56 Å². The van der Waals surface area contributed by atoms with Crippen LogP contribution in [0.15, 0.2) is 17.2 Å². The molecule has 13 heavy (non-hydrogen) atoms. The van der Waals surface area contributed by atoms with Crippen molar-refractivity contribution in [3.8, 4) is 0 Å². The van der Waals surface area contributed by atoms with E-state index in [-0.39, 0.29) is 15.8 Å². The van der Waals surface area contributed by atoms with Crippen LogP contribution in [0.4, 0.5) is 0 Å². The molecule has 0 aliphatic heterocycles. The molecule has 0 radical (unpaired) electrons. The number of carbonyl (C=O) groups excluding carboxylic acids is 1. The smallest absolute Gasteiger partial charge is 0.206 e. The quantitative estimate of drug-likeness (QED) is 0.667. The lowest BCUT2D eigenvalue weighted by Gasteiger charge is -2.01. The van der Waals surface area contributed by atoms with Crippen LogP contribution in [0.5, 0.6) is 0 Å². The lowest BCUT2D eigenvalue weighted by atomic mass is 10.1. The maximum Gasteiger partial charge on any atom is 0.206 e. The van der Waals surface area contributed by atoms with E-state index in [1.165, 1.54) is 0 Å². The average Bonchev–Trinajstić information content (AvgIpc) is 2.37. The van der Waals surface area contributed by atoms with Crippen LogP contribution in [-0.2, 0) is 0 Å². The van der Waals surface area contributed by atoms with Crippen molar-refractivity contribution in [3.63, 3.8) is 0 Å². The number of hydrogen-bond donors (Lipinski definition) is 0. The number of Topliss-reactive ketones (excluding diaryl/α,β-unsaturated/α-hetero) is 1. The van der Waals surface area contributed by atoms with Gasteiger partial charge in [0.1, 0.15) is 0 Å². The van der Waals surface area contributed by atoms with Crippen molar-refractivity contribution in [3.05, 3.63) is 38.3 Å². The van der Waals surface area contributed by atoms with Crippen LogP contribution in [0.1, 0.15) is 15.9 Å². The number of fused-ring (bicyclic) bond motifs is 1. The van der Waals surface area contributed by atoms with Gasteiger partial charge in [0.05, 0.1) is 20.6 Å². The number of ketones is 1. The van der Waals surface area contributed by atoms with E-state index in [1.54, 1.807) is 18.2 Å². The molecular formula is C9H3Cl3O. The predicted molar refractivity (Wildman–Crippen MR) is 54.6 cm³/mol. The Kier molecular flexibility index (Phi) is 2.11. The third-order valence-electron chi connectivity index (χ3n) is 1.85. The minimum absolute atomic E-state index is 0.180.